The van der Waals surface area contributed by atoms with Crippen LogP contribution in [0.15, 0.2) is 17.2 Å². The molecule has 0 saturated heterocycles. The molecule has 1 aromatic rings. The second kappa shape index (κ2) is 4.93. The molecule has 2 rings (SSSR count). The first-order chi connectivity index (χ1) is 8.65. The SMILES string of the molecule is COC(=O)c1cc(F)cc2c1OC(CN=[N+]=[N-])C2. The van der Waals surface area contributed by atoms with Crippen LogP contribution < -0.4 is 4.74 Å². The van der Waals surface area contributed by atoms with Crippen LogP contribution in [0.1, 0.15) is 15.9 Å². The molecule has 0 saturated carbocycles. The summed E-state index contributed by atoms with van der Waals surface area (Å²) in [6, 6.07) is 2.37. The third kappa shape index (κ3) is 2.21. The largest absolute Gasteiger partial charge is 0.489 e. The lowest BCUT2D eigenvalue weighted by Crippen LogP contribution is -2.16. The molecular formula is C11H10FN3O3. The Morgan fingerprint density at radius 3 is 3.17 bits per heavy atom. The van der Waals surface area contributed by atoms with Crippen molar-refractivity contribution in [3.05, 3.63) is 39.5 Å². The molecule has 0 radical (unpaired) electrons. The molecule has 94 valence electrons. The Labute approximate surface area is 102 Å². The van der Waals surface area contributed by atoms with Gasteiger partial charge in [0.05, 0.1) is 13.7 Å². The first kappa shape index (κ1) is 12.2. The number of hydrogen-bond acceptors (Lipinski definition) is 4. The second-order valence-electron chi connectivity index (χ2n) is 3.79. The van der Waals surface area contributed by atoms with Gasteiger partial charge in [0, 0.05) is 16.9 Å². The number of fused-ring (bicyclic) bond motifs is 1. The van der Waals surface area contributed by atoms with Gasteiger partial charge >= 0.3 is 5.97 Å². The van der Waals surface area contributed by atoms with Crippen molar-refractivity contribution in [2.75, 3.05) is 13.7 Å². The highest BCUT2D eigenvalue weighted by atomic mass is 19.1. The van der Waals surface area contributed by atoms with E-state index in [1.54, 1.807) is 0 Å². The summed E-state index contributed by atoms with van der Waals surface area (Å²) in [5.41, 5.74) is 8.87. The smallest absolute Gasteiger partial charge is 0.341 e. The molecule has 0 spiro atoms. The highest BCUT2D eigenvalue weighted by molar-refractivity contribution is 5.93. The van der Waals surface area contributed by atoms with Gasteiger partial charge in [0.2, 0.25) is 0 Å². The van der Waals surface area contributed by atoms with Gasteiger partial charge in [-0.05, 0) is 17.7 Å². The van der Waals surface area contributed by atoms with E-state index in [9.17, 15) is 9.18 Å². The normalized spacial score (nSPS) is 16.4. The second-order valence-corrected chi connectivity index (χ2v) is 3.79. The quantitative estimate of drug-likeness (QED) is 0.357. The molecule has 6 nitrogen and oxygen atoms in total. The van der Waals surface area contributed by atoms with Crippen molar-refractivity contribution in [1.29, 1.82) is 0 Å². The summed E-state index contributed by atoms with van der Waals surface area (Å²) in [6.45, 7) is 0.132. The van der Waals surface area contributed by atoms with E-state index in [4.69, 9.17) is 10.3 Å². The number of azide groups is 1. The number of rotatable bonds is 3. The fraction of sp³-hybridized carbons (Fsp3) is 0.364. The van der Waals surface area contributed by atoms with Crippen LogP contribution in [0, 0.1) is 5.82 Å². The minimum atomic E-state index is -0.657. The van der Waals surface area contributed by atoms with Crippen molar-refractivity contribution in [3.63, 3.8) is 0 Å². The van der Waals surface area contributed by atoms with Crippen LogP contribution in [-0.4, -0.2) is 25.7 Å². The Bertz CT molecular complexity index is 541. The average molecular weight is 251 g/mol. The van der Waals surface area contributed by atoms with E-state index in [-0.39, 0.29) is 18.2 Å². The number of esters is 1. The first-order valence-electron chi connectivity index (χ1n) is 5.24. The number of carbonyl (C=O) groups is 1. The highest BCUT2D eigenvalue weighted by Crippen LogP contribution is 2.34. The molecule has 0 N–H and O–H groups in total. The zero-order valence-electron chi connectivity index (χ0n) is 9.59. The number of ether oxygens (including phenoxy) is 2. The number of halogens is 1. The minimum absolute atomic E-state index is 0.0518. The van der Waals surface area contributed by atoms with E-state index >= 15 is 0 Å². The molecule has 1 aliphatic rings. The molecular weight excluding hydrogens is 241 g/mol. The molecule has 0 bridgehead atoms. The van der Waals surface area contributed by atoms with Crippen LogP contribution in [-0.2, 0) is 11.2 Å². The molecule has 0 aliphatic carbocycles. The molecule has 1 aliphatic heterocycles. The fourth-order valence-corrected chi connectivity index (χ4v) is 1.89. The Balaban J connectivity index is 2.33. The van der Waals surface area contributed by atoms with Crippen LogP contribution in [0.3, 0.4) is 0 Å². The molecule has 7 heteroatoms. The van der Waals surface area contributed by atoms with Gasteiger partial charge in [0.25, 0.3) is 0 Å². The topological polar surface area (TPSA) is 84.3 Å². The average Bonchev–Trinajstić information content (AvgIpc) is 2.76. The standard InChI is InChI=1S/C11H10FN3O3/c1-17-11(16)9-4-7(12)2-6-3-8(5-14-15-13)18-10(6)9/h2,4,8H,3,5H2,1H3. The van der Waals surface area contributed by atoms with E-state index in [1.165, 1.54) is 13.2 Å². The minimum Gasteiger partial charge on any atom is -0.489 e. The van der Waals surface area contributed by atoms with Gasteiger partial charge in [0.1, 0.15) is 23.2 Å². The summed E-state index contributed by atoms with van der Waals surface area (Å²) in [7, 11) is 1.21. The van der Waals surface area contributed by atoms with E-state index in [0.717, 1.165) is 6.07 Å². The maximum atomic E-state index is 13.4. The highest BCUT2D eigenvalue weighted by Gasteiger charge is 2.28. The zero-order valence-corrected chi connectivity index (χ0v) is 9.59. The van der Waals surface area contributed by atoms with E-state index < -0.39 is 11.8 Å². The lowest BCUT2D eigenvalue weighted by Gasteiger charge is -2.09. The summed E-state index contributed by atoms with van der Waals surface area (Å²) in [5, 5.41) is 3.40. The molecule has 0 aromatic heterocycles. The summed E-state index contributed by atoms with van der Waals surface area (Å²) in [6.07, 6.45) is 0.0249. The van der Waals surface area contributed by atoms with Gasteiger partial charge in [-0.3, -0.25) is 0 Å². The monoisotopic (exact) mass is 251 g/mol. The number of methoxy groups -OCH3 is 1. The maximum absolute atomic E-state index is 13.4. The zero-order chi connectivity index (χ0) is 13.1. The van der Waals surface area contributed by atoms with E-state index in [2.05, 4.69) is 14.8 Å². The summed E-state index contributed by atoms with van der Waals surface area (Å²) in [4.78, 5) is 14.1. The van der Waals surface area contributed by atoms with E-state index in [1.807, 2.05) is 0 Å². The molecule has 1 aromatic carbocycles. The predicted molar refractivity (Wildman–Crippen MR) is 59.9 cm³/mol. The van der Waals surface area contributed by atoms with Crippen molar-refractivity contribution in [3.8, 4) is 5.75 Å². The van der Waals surface area contributed by atoms with Crippen molar-refractivity contribution in [2.45, 2.75) is 12.5 Å². The lowest BCUT2D eigenvalue weighted by molar-refractivity contribution is 0.0594. The van der Waals surface area contributed by atoms with Gasteiger partial charge in [-0.25, -0.2) is 9.18 Å². The number of carbonyl (C=O) groups excluding carboxylic acids is 1. The predicted octanol–water partition coefficient (Wildman–Crippen LogP) is 2.23. The Morgan fingerprint density at radius 1 is 1.72 bits per heavy atom. The number of nitrogens with zero attached hydrogens (tertiary/aromatic N) is 3. The summed E-state index contributed by atoms with van der Waals surface area (Å²) < 4.78 is 23.4. The van der Waals surface area contributed by atoms with Crippen LogP contribution in [0.2, 0.25) is 0 Å². The van der Waals surface area contributed by atoms with Crippen molar-refractivity contribution >= 4 is 5.97 Å². The molecule has 18 heavy (non-hydrogen) atoms. The lowest BCUT2D eigenvalue weighted by atomic mass is 10.1. The Hall–Kier alpha value is -2.27. The summed E-state index contributed by atoms with van der Waals surface area (Å²) in [5.74, 6) is -0.876. The number of benzene rings is 1. The van der Waals surface area contributed by atoms with Gasteiger partial charge in [-0.2, -0.15) is 0 Å². The van der Waals surface area contributed by atoms with Crippen LogP contribution in [0.4, 0.5) is 4.39 Å². The molecule has 1 heterocycles. The van der Waals surface area contributed by atoms with Crippen LogP contribution in [0.25, 0.3) is 10.4 Å². The first-order valence-corrected chi connectivity index (χ1v) is 5.24. The molecule has 0 fully saturated rings. The van der Waals surface area contributed by atoms with E-state index in [0.29, 0.717) is 17.7 Å². The molecule has 1 atom stereocenters. The number of hydrogen-bond donors (Lipinski definition) is 0. The van der Waals surface area contributed by atoms with Gasteiger partial charge in [-0.15, -0.1) is 0 Å². The van der Waals surface area contributed by atoms with Gasteiger partial charge in [0.15, 0.2) is 0 Å². The maximum Gasteiger partial charge on any atom is 0.341 e. The third-order valence-corrected chi connectivity index (χ3v) is 2.62. The molecule has 0 amide bonds. The Morgan fingerprint density at radius 2 is 2.50 bits per heavy atom. The van der Waals surface area contributed by atoms with Crippen molar-refractivity contribution < 1.29 is 18.7 Å². The Kier molecular flexibility index (Phi) is 3.34. The van der Waals surface area contributed by atoms with Gasteiger partial charge in [-0.1, -0.05) is 5.11 Å². The molecule has 1 unspecified atom stereocenters. The third-order valence-electron chi connectivity index (χ3n) is 2.62. The van der Waals surface area contributed by atoms with Crippen molar-refractivity contribution in [1.82, 2.24) is 0 Å². The summed E-state index contributed by atoms with van der Waals surface area (Å²) >= 11 is 0. The van der Waals surface area contributed by atoms with Crippen LogP contribution >= 0.6 is 0 Å². The van der Waals surface area contributed by atoms with Crippen LogP contribution in [0.5, 0.6) is 5.75 Å². The van der Waals surface area contributed by atoms with Gasteiger partial charge < -0.3 is 9.47 Å². The van der Waals surface area contributed by atoms with Crippen molar-refractivity contribution in [2.24, 2.45) is 5.11 Å². The fourth-order valence-electron chi connectivity index (χ4n) is 1.89.